The molecule has 4 heteroatoms. The van der Waals surface area contributed by atoms with E-state index in [1.165, 1.54) is 18.3 Å². The van der Waals surface area contributed by atoms with Gasteiger partial charge in [-0.15, -0.1) is 11.3 Å². The fourth-order valence-corrected chi connectivity index (χ4v) is 2.55. The number of hydrogen-bond donors (Lipinski definition) is 1. The molecule has 2 rings (SSSR count). The Balaban J connectivity index is 2.52. The summed E-state index contributed by atoms with van der Waals surface area (Å²) < 4.78 is 0. The highest BCUT2D eigenvalue weighted by Gasteiger charge is 2.43. The minimum absolute atomic E-state index is 0.379. The van der Waals surface area contributed by atoms with Gasteiger partial charge in [-0.3, -0.25) is 9.59 Å². The fraction of sp³-hybridized carbons (Fsp3) is 0.143. The Bertz CT molecular complexity index is 560. The molecule has 92 valence electrons. The third kappa shape index (κ3) is 1.95. The molecular formula is C14H12O3S. The number of Topliss-reactive ketones (excluding diaryl/α,β-unsaturated/α-hetero) is 1. The van der Waals surface area contributed by atoms with Crippen LogP contribution in [0, 0.1) is 0 Å². The lowest BCUT2D eigenvalue weighted by atomic mass is 9.78. The average Bonchev–Trinajstić information content (AvgIpc) is 2.91. The second-order valence-corrected chi connectivity index (χ2v) is 5.05. The van der Waals surface area contributed by atoms with E-state index in [9.17, 15) is 14.7 Å². The molecule has 18 heavy (non-hydrogen) atoms. The second kappa shape index (κ2) is 4.74. The van der Waals surface area contributed by atoms with Crippen LogP contribution in [0.2, 0.25) is 0 Å². The SMILES string of the molecule is CC(C(=O)O)(C(=O)c1cccs1)c1ccccc1. The van der Waals surface area contributed by atoms with Crippen LogP contribution in [0.5, 0.6) is 0 Å². The molecule has 1 aromatic heterocycles. The van der Waals surface area contributed by atoms with Crippen LogP contribution in [0.4, 0.5) is 0 Å². The van der Waals surface area contributed by atoms with Crippen molar-refractivity contribution in [3.05, 3.63) is 58.3 Å². The normalized spacial score (nSPS) is 13.8. The summed E-state index contributed by atoms with van der Waals surface area (Å²) in [5.74, 6) is -1.51. The van der Waals surface area contributed by atoms with Gasteiger partial charge < -0.3 is 5.11 Å². The van der Waals surface area contributed by atoms with Crippen LogP contribution in [-0.2, 0) is 10.2 Å². The second-order valence-electron chi connectivity index (χ2n) is 4.10. The number of carboxylic acid groups (broad SMARTS) is 1. The zero-order valence-corrected chi connectivity index (χ0v) is 10.6. The summed E-state index contributed by atoms with van der Waals surface area (Å²) in [5, 5.41) is 11.2. The number of benzene rings is 1. The van der Waals surface area contributed by atoms with E-state index in [1.807, 2.05) is 0 Å². The number of aliphatic carboxylic acids is 1. The first kappa shape index (κ1) is 12.5. The van der Waals surface area contributed by atoms with Gasteiger partial charge in [0.1, 0.15) is 0 Å². The lowest BCUT2D eigenvalue weighted by Gasteiger charge is -2.23. The number of ketones is 1. The maximum Gasteiger partial charge on any atom is 0.321 e. The quantitative estimate of drug-likeness (QED) is 0.679. The van der Waals surface area contributed by atoms with Gasteiger partial charge in [0.25, 0.3) is 0 Å². The average molecular weight is 260 g/mol. The van der Waals surface area contributed by atoms with Gasteiger partial charge in [0.05, 0.1) is 4.88 Å². The number of carbonyl (C=O) groups excluding carboxylic acids is 1. The Morgan fingerprint density at radius 3 is 2.28 bits per heavy atom. The van der Waals surface area contributed by atoms with Gasteiger partial charge in [-0.25, -0.2) is 0 Å². The molecule has 3 nitrogen and oxygen atoms in total. The van der Waals surface area contributed by atoms with E-state index in [2.05, 4.69) is 0 Å². The van der Waals surface area contributed by atoms with Gasteiger partial charge in [-0.1, -0.05) is 36.4 Å². The highest BCUT2D eigenvalue weighted by molar-refractivity contribution is 7.12. The molecule has 0 bridgehead atoms. The van der Waals surface area contributed by atoms with E-state index in [0.29, 0.717) is 10.4 Å². The van der Waals surface area contributed by atoms with E-state index < -0.39 is 11.4 Å². The minimum atomic E-state index is -1.54. The number of carbonyl (C=O) groups is 2. The van der Waals surface area contributed by atoms with Crippen LogP contribution in [0.25, 0.3) is 0 Å². The van der Waals surface area contributed by atoms with E-state index in [-0.39, 0.29) is 5.78 Å². The first-order chi connectivity index (χ1) is 8.56. The van der Waals surface area contributed by atoms with Gasteiger partial charge >= 0.3 is 5.97 Å². The van der Waals surface area contributed by atoms with Crippen molar-refractivity contribution < 1.29 is 14.7 Å². The lowest BCUT2D eigenvalue weighted by molar-refractivity contribution is -0.141. The van der Waals surface area contributed by atoms with E-state index >= 15 is 0 Å². The largest absolute Gasteiger partial charge is 0.480 e. The molecule has 1 N–H and O–H groups in total. The van der Waals surface area contributed by atoms with Crippen LogP contribution in [0.3, 0.4) is 0 Å². The number of hydrogen-bond acceptors (Lipinski definition) is 3. The van der Waals surface area contributed by atoms with Crippen LogP contribution in [-0.4, -0.2) is 16.9 Å². The van der Waals surface area contributed by atoms with Crippen LogP contribution < -0.4 is 0 Å². The molecule has 1 heterocycles. The molecular weight excluding hydrogens is 248 g/mol. The van der Waals surface area contributed by atoms with Crippen molar-refractivity contribution in [1.82, 2.24) is 0 Å². The summed E-state index contributed by atoms with van der Waals surface area (Å²) in [5.41, 5.74) is -1.04. The number of thiophene rings is 1. The van der Waals surface area contributed by atoms with Gasteiger partial charge in [0.15, 0.2) is 11.2 Å². The molecule has 0 aliphatic rings. The lowest BCUT2D eigenvalue weighted by Crippen LogP contribution is -2.40. The topological polar surface area (TPSA) is 54.4 Å². The number of rotatable bonds is 4. The summed E-state index contributed by atoms with van der Waals surface area (Å²) in [6.07, 6.45) is 0. The summed E-state index contributed by atoms with van der Waals surface area (Å²) in [6.45, 7) is 1.45. The summed E-state index contributed by atoms with van der Waals surface area (Å²) in [7, 11) is 0. The van der Waals surface area contributed by atoms with E-state index in [1.54, 1.807) is 47.8 Å². The van der Waals surface area contributed by atoms with Crippen LogP contribution in [0.1, 0.15) is 22.2 Å². The first-order valence-corrected chi connectivity index (χ1v) is 6.32. The highest BCUT2D eigenvalue weighted by Crippen LogP contribution is 2.30. The number of carboxylic acids is 1. The van der Waals surface area contributed by atoms with Crippen LogP contribution in [0.15, 0.2) is 47.8 Å². The predicted octanol–water partition coefficient (Wildman–Crippen LogP) is 2.97. The van der Waals surface area contributed by atoms with Crippen molar-refractivity contribution in [2.45, 2.75) is 12.3 Å². The maximum atomic E-state index is 12.4. The molecule has 0 amide bonds. The summed E-state index contributed by atoms with van der Waals surface area (Å²) >= 11 is 1.26. The Labute approximate surface area is 109 Å². The zero-order valence-electron chi connectivity index (χ0n) is 9.79. The molecule has 0 saturated heterocycles. The monoisotopic (exact) mass is 260 g/mol. The van der Waals surface area contributed by atoms with E-state index in [4.69, 9.17) is 0 Å². The molecule has 0 radical (unpaired) electrons. The van der Waals surface area contributed by atoms with Gasteiger partial charge in [0.2, 0.25) is 0 Å². The Morgan fingerprint density at radius 2 is 1.78 bits per heavy atom. The summed E-state index contributed by atoms with van der Waals surface area (Å²) in [6, 6.07) is 12.0. The molecule has 0 fully saturated rings. The molecule has 2 aromatic rings. The molecule has 1 aromatic carbocycles. The maximum absolute atomic E-state index is 12.4. The first-order valence-electron chi connectivity index (χ1n) is 5.44. The Kier molecular flexibility index (Phi) is 3.30. The highest BCUT2D eigenvalue weighted by atomic mass is 32.1. The van der Waals surface area contributed by atoms with Crippen molar-refractivity contribution in [3.8, 4) is 0 Å². The van der Waals surface area contributed by atoms with Crippen molar-refractivity contribution >= 4 is 23.1 Å². The van der Waals surface area contributed by atoms with Crippen LogP contribution >= 0.6 is 11.3 Å². The molecule has 1 atom stereocenters. The third-order valence-corrected chi connectivity index (χ3v) is 3.85. The zero-order chi connectivity index (χ0) is 13.2. The molecule has 0 aliphatic heterocycles. The summed E-state index contributed by atoms with van der Waals surface area (Å²) in [4.78, 5) is 24.4. The van der Waals surface area contributed by atoms with Crippen molar-refractivity contribution in [1.29, 1.82) is 0 Å². The van der Waals surface area contributed by atoms with Gasteiger partial charge in [0, 0.05) is 0 Å². The molecule has 0 saturated carbocycles. The smallest absolute Gasteiger partial charge is 0.321 e. The standard InChI is InChI=1S/C14H12O3S/c1-14(13(16)17,10-6-3-2-4-7-10)12(15)11-8-5-9-18-11/h2-9H,1H3,(H,16,17). The Morgan fingerprint density at radius 1 is 1.11 bits per heavy atom. The third-order valence-electron chi connectivity index (χ3n) is 2.98. The molecule has 1 unspecified atom stereocenters. The minimum Gasteiger partial charge on any atom is -0.480 e. The van der Waals surface area contributed by atoms with Gasteiger partial charge in [-0.05, 0) is 23.9 Å². The molecule has 0 spiro atoms. The molecule has 0 aliphatic carbocycles. The van der Waals surface area contributed by atoms with Gasteiger partial charge in [-0.2, -0.15) is 0 Å². The van der Waals surface area contributed by atoms with Crippen molar-refractivity contribution in [2.75, 3.05) is 0 Å². The van der Waals surface area contributed by atoms with E-state index in [0.717, 1.165) is 0 Å². The van der Waals surface area contributed by atoms with Crippen molar-refractivity contribution in [3.63, 3.8) is 0 Å². The Hall–Kier alpha value is -1.94. The fourth-order valence-electron chi connectivity index (χ4n) is 1.78. The van der Waals surface area contributed by atoms with Crippen molar-refractivity contribution in [2.24, 2.45) is 0 Å². The predicted molar refractivity (Wildman–Crippen MR) is 70.1 cm³/mol.